The largest absolute Gasteiger partial charge is 0.382 e. The van der Waals surface area contributed by atoms with Gasteiger partial charge in [0.25, 0.3) is 0 Å². The van der Waals surface area contributed by atoms with Gasteiger partial charge in [-0.15, -0.1) is 0 Å². The van der Waals surface area contributed by atoms with E-state index in [0.29, 0.717) is 6.04 Å². The molecule has 1 atom stereocenters. The van der Waals surface area contributed by atoms with Crippen molar-refractivity contribution in [1.82, 2.24) is 0 Å². The molecule has 1 N–H and O–H groups in total. The van der Waals surface area contributed by atoms with Crippen LogP contribution < -0.4 is 10.2 Å². The summed E-state index contributed by atoms with van der Waals surface area (Å²) in [6, 6.07) is 16.3. The summed E-state index contributed by atoms with van der Waals surface area (Å²) in [4.78, 5) is 2.48. The van der Waals surface area contributed by atoms with Crippen LogP contribution in [0.5, 0.6) is 0 Å². The molecule has 4 rings (SSSR count). The summed E-state index contributed by atoms with van der Waals surface area (Å²) >= 11 is 0. The molecule has 2 heterocycles. The summed E-state index contributed by atoms with van der Waals surface area (Å²) in [5, 5.41) is 3.59. The first-order valence-electron chi connectivity index (χ1n) is 8.06. The number of hydrogen-bond donors (Lipinski definition) is 1. The molecule has 1 unspecified atom stereocenters. The highest BCUT2D eigenvalue weighted by atomic mass is 15.1. The second-order valence-electron chi connectivity index (χ2n) is 6.31. The molecule has 0 bridgehead atoms. The van der Waals surface area contributed by atoms with Gasteiger partial charge >= 0.3 is 0 Å². The molecule has 21 heavy (non-hydrogen) atoms. The van der Waals surface area contributed by atoms with Crippen LogP contribution in [0.4, 0.5) is 17.1 Å². The summed E-state index contributed by atoms with van der Waals surface area (Å²) < 4.78 is 0. The zero-order valence-corrected chi connectivity index (χ0v) is 12.6. The quantitative estimate of drug-likeness (QED) is 0.825. The molecular formula is C19H22N2. The van der Waals surface area contributed by atoms with Crippen molar-refractivity contribution < 1.29 is 0 Å². The lowest BCUT2D eigenvalue weighted by molar-refractivity contribution is 0.680. The van der Waals surface area contributed by atoms with E-state index in [1.807, 2.05) is 0 Å². The van der Waals surface area contributed by atoms with Crippen molar-refractivity contribution in [3.63, 3.8) is 0 Å². The molecule has 2 heteroatoms. The first-order valence-corrected chi connectivity index (χ1v) is 8.06. The van der Waals surface area contributed by atoms with Gasteiger partial charge in [0.2, 0.25) is 0 Å². The number of rotatable bonds is 1. The standard InChI is InChI=1S/C19H22N2/c1-14-8-9-16-13-17(10-11-18(16)20-14)21-12-4-6-15-5-2-3-7-19(15)21/h2-3,5,7,10-11,13-14,20H,4,6,8-9,12H2,1H3. The number of nitrogens with one attached hydrogen (secondary N) is 1. The molecule has 108 valence electrons. The van der Waals surface area contributed by atoms with Gasteiger partial charge < -0.3 is 10.2 Å². The van der Waals surface area contributed by atoms with E-state index in [9.17, 15) is 0 Å². The number of aryl methyl sites for hydroxylation is 2. The number of nitrogens with zero attached hydrogens (tertiary/aromatic N) is 1. The van der Waals surface area contributed by atoms with Crippen LogP contribution in [0.15, 0.2) is 42.5 Å². The number of fused-ring (bicyclic) bond motifs is 2. The number of anilines is 3. The van der Waals surface area contributed by atoms with Crippen LogP contribution in [-0.4, -0.2) is 12.6 Å². The highest BCUT2D eigenvalue weighted by Gasteiger charge is 2.20. The number of hydrogen-bond acceptors (Lipinski definition) is 2. The molecule has 2 aromatic rings. The molecule has 0 aromatic heterocycles. The van der Waals surface area contributed by atoms with Crippen molar-refractivity contribution >= 4 is 17.1 Å². The summed E-state index contributed by atoms with van der Waals surface area (Å²) in [5.41, 5.74) is 7.00. The minimum Gasteiger partial charge on any atom is -0.382 e. The van der Waals surface area contributed by atoms with E-state index in [1.165, 1.54) is 53.9 Å². The average molecular weight is 278 g/mol. The Bertz CT molecular complexity index is 662. The third kappa shape index (κ3) is 2.29. The van der Waals surface area contributed by atoms with Crippen molar-refractivity contribution in [2.45, 2.75) is 38.6 Å². The zero-order chi connectivity index (χ0) is 14.2. The van der Waals surface area contributed by atoms with Crippen LogP contribution in [0.3, 0.4) is 0 Å². The van der Waals surface area contributed by atoms with Gasteiger partial charge in [-0.3, -0.25) is 0 Å². The average Bonchev–Trinajstić information content (AvgIpc) is 2.54. The lowest BCUT2D eigenvalue weighted by Crippen LogP contribution is -2.25. The predicted octanol–water partition coefficient (Wildman–Crippen LogP) is 4.52. The van der Waals surface area contributed by atoms with Gasteiger partial charge in [0.05, 0.1) is 0 Å². The van der Waals surface area contributed by atoms with Gasteiger partial charge in [-0.05, 0) is 68.0 Å². The van der Waals surface area contributed by atoms with Gasteiger partial charge in [0, 0.05) is 29.6 Å². The fourth-order valence-corrected chi connectivity index (χ4v) is 3.61. The fraction of sp³-hybridized carbons (Fsp3) is 0.368. The maximum atomic E-state index is 3.59. The number of benzene rings is 2. The Balaban J connectivity index is 1.72. The van der Waals surface area contributed by atoms with Gasteiger partial charge in [0.1, 0.15) is 0 Å². The second-order valence-corrected chi connectivity index (χ2v) is 6.31. The molecule has 0 aliphatic carbocycles. The summed E-state index contributed by atoms with van der Waals surface area (Å²) in [6.07, 6.45) is 4.86. The lowest BCUT2D eigenvalue weighted by atomic mass is 9.97. The highest BCUT2D eigenvalue weighted by molar-refractivity contribution is 5.71. The van der Waals surface area contributed by atoms with Crippen molar-refractivity contribution in [3.8, 4) is 0 Å². The Morgan fingerprint density at radius 2 is 1.95 bits per heavy atom. The molecule has 0 spiro atoms. The minimum absolute atomic E-state index is 0.596. The Morgan fingerprint density at radius 3 is 2.90 bits per heavy atom. The predicted molar refractivity (Wildman–Crippen MR) is 89.6 cm³/mol. The molecule has 2 aromatic carbocycles. The molecule has 2 aliphatic heterocycles. The van der Waals surface area contributed by atoms with E-state index in [-0.39, 0.29) is 0 Å². The van der Waals surface area contributed by atoms with Crippen LogP contribution in [-0.2, 0) is 12.8 Å². The highest BCUT2D eigenvalue weighted by Crippen LogP contribution is 2.36. The molecule has 2 nitrogen and oxygen atoms in total. The van der Waals surface area contributed by atoms with Gasteiger partial charge in [-0.2, -0.15) is 0 Å². The Kier molecular flexibility index (Phi) is 3.10. The first kappa shape index (κ1) is 12.8. The van der Waals surface area contributed by atoms with E-state index in [4.69, 9.17) is 0 Å². The van der Waals surface area contributed by atoms with Crippen LogP contribution >= 0.6 is 0 Å². The molecule has 2 aliphatic rings. The van der Waals surface area contributed by atoms with E-state index in [1.54, 1.807) is 0 Å². The third-order valence-corrected chi connectivity index (χ3v) is 4.76. The Labute approximate surface area is 126 Å². The fourth-order valence-electron chi connectivity index (χ4n) is 3.61. The second kappa shape index (κ2) is 5.10. The van der Waals surface area contributed by atoms with Crippen molar-refractivity contribution in [2.75, 3.05) is 16.8 Å². The van der Waals surface area contributed by atoms with Crippen molar-refractivity contribution in [3.05, 3.63) is 53.6 Å². The molecule has 0 saturated heterocycles. The van der Waals surface area contributed by atoms with Crippen molar-refractivity contribution in [1.29, 1.82) is 0 Å². The topological polar surface area (TPSA) is 15.3 Å². The van der Waals surface area contributed by atoms with E-state index in [0.717, 1.165) is 6.54 Å². The van der Waals surface area contributed by atoms with E-state index < -0.39 is 0 Å². The van der Waals surface area contributed by atoms with Crippen LogP contribution in [0.2, 0.25) is 0 Å². The normalized spacial score (nSPS) is 20.4. The minimum atomic E-state index is 0.596. The Hall–Kier alpha value is -1.96. The lowest BCUT2D eigenvalue weighted by Gasteiger charge is -2.33. The zero-order valence-electron chi connectivity index (χ0n) is 12.6. The molecular weight excluding hydrogens is 256 g/mol. The summed E-state index contributed by atoms with van der Waals surface area (Å²) in [6.45, 7) is 3.39. The summed E-state index contributed by atoms with van der Waals surface area (Å²) in [5.74, 6) is 0. The van der Waals surface area contributed by atoms with Crippen LogP contribution in [0.1, 0.15) is 30.9 Å². The smallest absolute Gasteiger partial charge is 0.0443 e. The molecule has 0 amide bonds. The summed E-state index contributed by atoms with van der Waals surface area (Å²) in [7, 11) is 0. The Morgan fingerprint density at radius 1 is 1.05 bits per heavy atom. The molecule has 0 fully saturated rings. The van der Waals surface area contributed by atoms with Gasteiger partial charge in [0.15, 0.2) is 0 Å². The maximum absolute atomic E-state index is 3.59. The van der Waals surface area contributed by atoms with Crippen molar-refractivity contribution in [2.24, 2.45) is 0 Å². The maximum Gasteiger partial charge on any atom is 0.0443 e. The number of para-hydroxylation sites is 1. The van der Waals surface area contributed by atoms with Gasteiger partial charge in [-0.1, -0.05) is 18.2 Å². The molecule has 0 saturated carbocycles. The van der Waals surface area contributed by atoms with Gasteiger partial charge in [-0.25, -0.2) is 0 Å². The molecule has 0 radical (unpaired) electrons. The van der Waals surface area contributed by atoms with Crippen LogP contribution in [0.25, 0.3) is 0 Å². The SMILES string of the molecule is CC1CCc2cc(N3CCCc4ccccc43)ccc2N1. The third-order valence-electron chi connectivity index (χ3n) is 4.76. The van der Waals surface area contributed by atoms with Crippen LogP contribution in [0, 0.1) is 0 Å². The van der Waals surface area contributed by atoms with E-state index in [2.05, 4.69) is 59.6 Å². The van der Waals surface area contributed by atoms with E-state index >= 15 is 0 Å². The first-order chi connectivity index (χ1) is 10.3. The monoisotopic (exact) mass is 278 g/mol.